The van der Waals surface area contributed by atoms with E-state index in [2.05, 4.69) is 20.2 Å². The van der Waals surface area contributed by atoms with Gasteiger partial charge in [0.1, 0.15) is 11.6 Å². The van der Waals surface area contributed by atoms with Crippen molar-refractivity contribution in [3.8, 4) is 0 Å². The molecule has 0 aromatic carbocycles. The first-order valence-corrected chi connectivity index (χ1v) is 6.98. The van der Waals surface area contributed by atoms with Gasteiger partial charge >= 0.3 is 0 Å². The minimum atomic E-state index is 0.320. The number of hydrogen-bond donors (Lipinski definition) is 2. The Morgan fingerprint density at radius 1 is 1.37 bits per heavy atom. The fourth-order valence-corrected chi connectivity index (χ4v) is 2.37. The van der Waals surface area contributed by atoms with E-state index in [-0.39, 0.29) is 0 Å². The van der Waals surface area contributed by atoms with Gasteiger partial charge in [-0.25, -0.2) is 0 Å². The average molecular weight is 265 g/mol. The predicted octanol–water partition coefficient (Wildman–Crippen LogP) is 1.50. The zero-order valence-corrected chi connectivity index (χ0v) is 11.7. The second-order valence-corrected chi connectivity index (χ2v) is 4.64. The SMILES string of the molecule is CCNc1cc(N2CCC(OCC)CC2)nc(N)n1. The van der Waals surface area contributed by atoms with Gasteiger partial charge < -0.3 is 20.7 Å². The van der Waals surface area contributed by atoms with Crippen molar-refractivity contribution in [1.82, 2.24) is 9.97 Å². The van der Waals surface area contributed by atoms with Crippen molar-refractivity contribution in [3.05, 3.63) is 6.07 Å². The number of anilines is 3. The molecule has 2 heterocycles. The third-order valence-electron chi connectivity index (χ3n) is 3.26. The van der Waals surface area contributed by atoms with Crippen LogP contribution in [0.5, 0.6) is 0 Å². The van der Waals surface area contributed by atoms with Gasteiger partial charge in [0.05, 0.1) is 6.10 Å². The lowest BCUT2D eigenvalue weighted by molar-refractivity contribution is 0.0458. The first-order valence-electron chi connectivity index (χ1n) is 6.98. The number of nitrogen functional groups attached to an aromatic ring is 1. The van der Waals surface area contributed by atoms with Crippen LogP contribution in [0.15, 0.2) is 6.07 Å². The Morgan fingerprint density at radius 3 is 2.74 bits per heavy atom. The van der Waals surface area contributed by atoms with Gasteiger partial charge in [-0.3, -0.25) is 0 Å². The Balaban J connectivity index is 2.02. The van der Waals surface area contributed by atoms with Crippen LogP contribution in [0.4, 0.5) is 17.6 Å². The second-order valence-electron chi connectivity index (χ2n) is 4.64. The van der Waals surface area contributed by atoms with Gasteiger partial charge in [-0.15, -0.1) is 0 Å². The lowest BCUT2D eigenvalue weighted by Gasteiger charge is -2.32. The molecule has 1 saturated heterocycles. The Bertz CT molecular complexity index is 404. The van der Waals surface area contributed by atoms with Crippen LogP contribution in [0.3, 0.4) is 0 Å². The van der Waals surface area contributed by atoms with Crippen LogP contribution >= 0.6 is 0 Å². The highest BCUT2D eigenvalue weighted by molar-refractivity contribution is 5.52. The van der Waals surface area contributed by atoms with E-state index in [0.717, 1.165) is 50.7 Å². The molecule has 106 valence electrons. The van der Waals surface area contributed by atoms with E-state index < -0.39 is 0 Å². The van der Waals surface area contributed by atoms with Crippen LogP contribution < -0.4 is 16.0 Å². The number of aromatic nitrogens is 2. The Hall–Kier alpha value is -1.56. The zero-order chi connectivity index (χ0) is 13.7. The van der Waals surface area contributed by atoms with Crippen LogP contribution in [-0.4, -0.2) is 42.3 Å². The van der Waals surface area contributed by atoms with Crippen molar-refractivity contribution in [2.24, 2.45) is 0 Å². The molecule has 1 aromatic heterocycles. The van der Waals surface area contributed by atoms with Crippen LogP contribution in [-0.2, 0) is 4.74 Å². The first kappa shape index (κ1) is 13.9. The summed E-state index contributed by atoms with van der Waals surface area (Å²) in [6.45, 7) is 7.59. The average Bonchev–Trinajstić information content (AvgIpc) is 2.40. The van der Waals surface area contributed by atoms with Crippen LogP contribution in [0, 0.1) is 0 Å². The summed E-state index contributed by atoms with van der Waals surface area (Å²) < 4.78 is 5.66. The number of nitrogens with one attached hydrogen (secondary N) is 1. The number of piperidine rings is 1. The summed E-state index contributed by atoms with van der Waals surface area (Å²) in [5.74, 6) is 2.01. The Labute approximate surface area is 114 Å². The molecule has 1 fully saturated rings. The molecule has 1 aliphatic heterocycles. The number of nitrogens with two attached hydrogens (primary N) is 1. The predicted molar refractivity (Wildman–Crippen MR) is 77.5 cm³/mol. The van der Waals surface area contributed by atoms with E-state index in [1.165, 1.54) is 0 Å². The van der Waals surface area contributed by atoms with Crippen LogP contribution in [0.1, 0.15) is 26.7 Å². The summed E-state index contributed by atoms with van der Waals surface area (Å²) in [5.41, 5.74) is 5.76. The summed E-state index contributed by atoms with van der Waals surface area (Å²) in [6.07, 6.45) is 2.46. The van der Waals surface area contributed by atoms with E-state index in [9.17, 15) is 0 Å². The van der Waals surface area contributed by atoms with Gasteiger partial charge in [-0.05, 0) is 26.7 Å². The van der Waals surface area contributed by atoms with E-state index in [1.54, 1.807) is 0 Å². The Kier molecular flexibility index (Phi) is 4.79. The van der Waals surface area contributed by atoms with Crippen LogP contribution in [0.25, 0.3) is 0 Å². The van der Waals surface area contributed by atoms with E-state index in [0.29, 0.717) is 12.1 Å². The highest BCUT2D eigenvalue weighted by Gasteiger charge is 2.20. The summed E-state index contributed by atoms with van der Waals surface area (Å²) in [6, 6.07) is 1.96. The lowest BCUT2D eigenvalue weighted by atomic mass is 10.1. The molecule has 0 saturated carbocycles. The minimum absolute atomic E-state index is 0.320. The summed E-state index contributed by atoms with van der Waals surface area (Å²) >= 11 is 0. The van der Waals surface area contributed by atoms with E-state index in [4.69, 9.17) is 10.5 Å². The van der Waals surface area contributed by atoms with Crippen LogP contribution in [0.2, 0.25) is 0 Å². The highest BCUT2D eigenvalue weighted by Crippen LogP contribution is 2.22. The topological polar surface area (TPSA) is 76.3 Å². The van der Waals surface area contributed by atoms with Gasteiger partial charge in [0, 0.05) is 32.3 Å². The number of ether oxygens (including phenoxy) is 1. The van der Waals surface area contributed by atoms with Crippen molar-refractivity contribution in [1.29, 1.82) is 0 Å². The molecule has 6 nitrogen and oxygen atoms in total. The lowest BCUT2D eigenvalue weighted by Crippen LogP contribution is -2.37. The molecule has 0 aliphatic carbocycles. The quantitative estimate of drug-likeness (QED) is 0.840. The molecule has 0 atom stereocenters. The van der Waals surface area contributed by atoms with Crippen molar-refractivity contribution in [2.45, 2.75) is 32.8 Å². The largest absolute Gasteiger partial charge is 0.378 e. The van der Waals surface area contributed by atoms with Gasteiger partial charge in [0.25, 0.3) is 0 Å². The second kappa shape index (κ2) is 6.56. The number of rotatable bonds is 5. The molecule has 1 aliphatic rings. The molecule has 0 amide bonds. The summed E-state index contributed by atoms with van der Waals surface area (Å²) in [5, 5.41) is 3.17. The van der Waals surface area contributed by atoms with Crippen molar-refractivity contribution < 1.29 is 4.74 Å². The van der Waals surface area contributed by atoms with Gasteiger partial charge in [-0.1, -0.05) is 0 Å². The number of hydrogen-bond acceptors (Lipinski definition) is 6. The molecule has 6 heteroatoms. The molecule has 2 rings (SSSR count). The third-order valence-corrected chi connectivity index (χ3v) is 3.26. The van der Waals surface area contributed by atoms with Gasteiger partial charge in [0.15, 0.2) is 0 Å². The normalized spacial score (nSPS) is 16.6. The van der Waals surface area contributed by atoms with Gasteiger partial charge in [0.2, 0.25) is 5.95 Å². The molecule has 0 unspecified atom stereocenters. The van der Waals surface area contributed by atoms with Crippen molar-refractivity contribution >= 4 is 17.6 Å². The third kappa shape index (κ3) is 3.70. The fourth-order valence-electron chi connectivity index (χ4n) is 2.37. The summed E-state index contributed by atoms with van der Waals surface area (Å²) in [4.78, 5) is 10.7. The molecule has 0 spiro atoms. The molecule has 0 bridgehead atoms. The van der Waals surface area contributed by atoms with E-state index >= 15 is 0 Å². The standard InChI is InChI=1S/C13H23N5O/c1-3-15-11-9-12(17-13(14)16-11)18-7-5-10(6-8-18)19-4-2/h9-10H,3-8H2,1-2H3,(H3,14,15,16,17). The molecular formula is C13H23N5O. The highest BCUT2D eigenvalue weighted by atomic mass is 16.5. The minimum Gasteiger partial charge on any atom is -0.378 e. The molecule has 3 N–H and O–H groups in total. The molecule has 19 heavy (non-hydrogen) atoms. The maximum Gasteiger partial charge on any atom is 0.223 e. The smallest absolute Gasteiger partial charge is 0.223 e. The molecule has 1 aromatic rings. The van der Waals surface area contributed by atoms with Gasteiger partial charge in [-0.2, -0.15) is 9.97 Å². The summed E-state index contributed by atoms with van der Waals surface area (Å²) in [7, 11) is 0. The fraction of sp³-hybridized carbons (Fsp3) is 0.692. The Morgan fingerprint density at radius 2 is 2.11 bits per heavy atom. The monoisotopic (exact) mass is 265 g/mol. The molecular weight excluding hydrogens is 242 g/mol. The maximum atomic E-state index is 5.76. The van der Waals surface area contributed by atoms with Crippen molar-refractivity contribution in [2.75, 3.05) is 42.2 Å². The van der Waals surface area contributed by atoms with E-state index in [1.807, 2.05) is 19.9 Å². The maximum absolute atomic E-state index is 5.76. The first-order chi connectivity index (χ1) is 9.22. The number of nitrogens with zero attached hydrogens (tertiary/aromatic N) is 3. The molecule has 0 radical (unpaired) electrons. The zero-order valence-electron chi connectivity index (χ0n) is 11.7. The van der Waals surface area contributed by atoms with Crippen molar-refractivity contribution in [3.63, 3.8) is 0 Å².